The number of anilines is 1. The van der Waals surface area contributed by atoms with Crippen LogP contribution in [0, 0.1) is 0 Å². The van der Waals surface area contributed by atoms with E-state index in [-0.39, 0.29) is 12.3 Å². The molecule has 3 aromatic rings. The third-order valence-corrected chi connectivity index (χ3v) is 3.61. The Kier molecular flexibility index (Phi) is 3.80. The SMILES string of the molecule is Cn1cnc2cc(CC(=O)Nc3ccc(C(N)=O)cc3)ccc21. The van der Waals surface area contributed by atoms with Crippen molar-refractivity contribution in [3.8, 4) is 0 Å². The number of primary amides is 1. The maximum atomic E-state index is 12.1. The van der Waals surface area contributed by atoms with E-state index >= 15 is 0 Å². The molecule has 0 unspecified atom stereocenters. The summed E-state index contributed by atoms with van der Waals surface area (Å²) in [5.41, 5.74) is 8.99. The summed E-state index contributed by atoms with van der Waals surface area (Å²) >= 11 is 0. The first kappa shape index (κ1) is 14.8. The molecule has 6 heteroatoms. The highest BCUT2D eigenvalue weighted by Gasteiger charge is 2.07. The van der Waals surface area contributed by atoms with Gasteiger partial charge >= 0.3 is 0 Å². The van der Waals surface area contributed by atoms with Crippen molar-refractivity contribution >= 4 is 28.5 Å². The normalized spacial score (nSPS) is 10.7. The minimum absolute atomic E-state index is 0.132. The Morgan fingerprint density at radius 2 is 1.91 bits per heavy atom. The molecule has 1 heterocycles. The van der Waals surface area contributed by atoms with Crippen LogP contribution in [0.2, 0.25) is 0 Å². The Hall–Kier alpha value is -3.15. The highest BCUT2D eigenvalue weighted by molar-refractivity contribution is 5.95. The number of hydrogen-bond donors (Lipinski definition) is 2. The molecule has 2 aromatic carbocycles. The lowest BCUT2D eigenvalue weighted by atomic mass is 10.1. The van der Waals surface area contributed by atoms with Crippen molar-refractivity contribution in [2.75, 3.05) is 5.32 Å². The molecule has 0 fully saturated rings. The van der Waals surface area contributed by atoms with Gasteiger partial charge < -0.3 is 15.6 Å². The summed E-state index contributed by atoms with van der Waals surface area (Å²) in [5.74, 6) is -0.626. The number of imidazole rings is 1. The van der Waals surface area contributed by atoms with E-state index in [2.05, 4.69) is 10.3 Å². The Morgan fingerprint density at radius 1 is 1.17 bits per heavy atom. The number of carbonyl (C=O) groups is 2. The van der Waals surface area contributed by atoms with E-state index in [4.69, 9.17) is 5.73 Å². The Morgan fingerprint density at radius 3 is 2.61 bits per heavy atom. The fourth-order valence-electron chi connectivity index (χ4n) is 2.40. The predicted octanol–water partition coefficient (Wildman–Crippen LogP) is 1.85. The van der Waals surface area contributed by atoms with Crippen molar-refractivity contribution in [2.45, 2.75) is 6.42 Å². The third-order valence-electron chi connectivity index (χ3n) is 3.61. The topological polar surface area (TPSA) is 90.0 Å². The minimum atomic E-state index is -0.494. The van der Waals surface area contributed by atoms with Crippen molar-refractivity contribution in [3.63, 3.8) is 0 Å². The first-order chi connectivity index (χ1) is 11.0. The Bertz CT molecular complexity index is 881. The third kappa shape index (κ3) is 3.21. The number of carbonyl (C=O) groups excluding carboxylic acids is 2. The van der Waals surface area contributed by atoms with E-state index in [1.807, 2.05) is 29.8 Å². The highest BCUT2D eigenvalue weighted by Crippen LogP contribution is 2.15. The molecule has 0 radical (unpaired) electrons. The van der Waals surface area contributed by atoms with Crippen molar-refractivity contribution in [2.24, 2.45) is 12.8 Å². The average Bonchev–Trinajstić information content (AvgIpc) is 2.88. The van der Waals surface area contributed by atoms with Gasteiger partial charge in [-0.2, -0.15) is 0 Å². The molecule has 0 bridgehead atoms. The minimum Gasteiger partial charge on any atom is -0.366 e. The number of aryl methyl sites for hydroxylation is 1. The van der Waals surface area contributed by atoms with Crippen LogP contribution in [-0.4, -0.2) is 21.4 Å². The van der Waals surface area contributed by atoms with Crippen LogP contribution < -0.4 is 11.1 Å². The standard InChI is InChI=1S/C17H16N4O2/c1-21-10-19-14-8-11(2-7-15(14)21)9-16(22)20-13-5-3-12(4-6-13)17(18)23/h2-8,10H,9H2,1H3,(H2,18,23)(H,20,22). The monoisotopic (exact) mass is 308 g/mol. The van der Waals surface area contributed by atoms with Crippen molar-refractivity contribution < 1.29 is 9.59 Å². The summed E-state index contributed by atoms with van der Waals surface area (Å²) in [4.78, 5) is 27.4. The van der Waals surface area contributed by atoms with Crippen LogP contribution in [0.3, 0.4) is 0 Å². The number of hydrogen-bond acceptors (Lipinski definition) is 3. The van der Waals surface area contributed by atoms with E-state index in [0.717, 1.165) is 16.6 Å². The van der Waals surface area contributed by atoms with Crippen LogP contribution in [0.1, 0.15) is 15.9 Å². The largest absolute Gasteiger partial charge is 0.366 e. The number of fused-ring (bicyclic) bond motifs is 1. The first-order valence-corrected chi connectivity index (χ1v) is 7.12. The van der Waals surface area contributed by atoms with Gasteiger partial charge in [0.25, 0.3) is 0 Å². The maximum absolute atomic E-state index is 12.1. The molecule has 23 heavy (non-hydrogen) atoms. The zero-order chi connectivity index (χ0) is 16.4. The maximum Gasteiger partial charge on any atom is 0.248 e. The summed E-state index contributed by atoms with van der Waals surface area (Å²) in [6, 6.07) is 12.2. The summed E-state index contributed by atoms with van der Waals surface area (Å²) in [6.07, 6.45) is 2.00. The molecule has 0 aliphatic heterocycles. The average molecular weight is 308 g/mol. The van der Waals surface area contributed by atoms with Crippen LogP contribution in [0.15, 0.2) is 48.8 Å². The van der Waals surface area contributed by atoms with Gasteiger partial charge in [0.1, 0.15) is 0 Å². The van der Waals surface area contributed by atoms with Crippen LogP contribution >= 0.6 is 0 Å². The van der Waals surface area contributed by atoms with Crippen LogP contribution in [-0.2, 0) is 18.3 Å². The lowest BCUT2D eigenvalue weighted by molar-refractivity contribution is -0.115. The summed E-state index contributed by atoms with van der Waals surface area (Å²) in [6.45, 7) is 0. The number of nitrogens with two attached hydrogens (primary N) is 1. The number of rotatable bonds is 4. The van der Waals surface area contributed by atoms with E-state index in [9.17, 15) is 9.59 Å². The van der Waals surface area contributed by atoms with Crippen LogP contribution in [0.4, 0.5) is 5.69 Å². The van der Waals surface area contributed by atoms with Gasteiger partial charge in [0.2, 0.25) is 11.8 Å². The highest BCUT2D eigenvalue weighted by atomic mass is 16.2. The molecular formula is C17H16N4O2. The molecular weight excluding hydrogens is 292 g/mol. The second-order valence-corrected chi connectivity index (χ2v) is 5.35. The summed E-state index contributed by atoms with van der Waals surface area (Å²) in [5, 5.41) is 2.79. The molecule has 0 saturated carbocycles. The summed E-state index contributed by atoms with van der Waals surface area (Å²) in [7, 11) is 1.93. The molecule has 3 rings (SSSR count). The predicted molar refractivity (Wildman–Crippen MR) is 88.0 cm³/mol. The van der Waals surface area contributed by atoms with E-state index in [1.165, 1.54) is 0 Å². The second kappa shape index (κ2) is 5.92. The first-order valence-electron chi connectivity index (χ1n) is 7.12. The van der Waals surface area contributed by atoms with Gasteiger partial charge in [-0.15, -0.1) is 0 Å². The van der Waals surface area contributed by atoms with Gasteiger partial charge in [0.05, 0.1) is 23.8 Å². The van der Waals surface area contributed by atoms with Crippen molar-refractivity contribution in [1.29, 1.82) is 0 Å². The van der Waals surface area contributed by atoms with Gasteiger partial charge in [0.15, 0.2) is 0 Å². The molecule has 0 spiro atoms. The van der Waals surface area contributed by atoms with Gasteiger partial charge in [-0.1, -0.05) is 6.07 Å². The Labute approximate surface area is 132 Å². The lowest BCUT2D eigenvalue weighted by Crippen LogP contribution is -2.15. The molecule has 0 saturated heterocycles. The quantitative estimate of drug-likeness (QED) is 0.770. The lowest BCUT2D eigenvalue weighted by Gasteiger charge is -2.06. The zero-order valence-electron chi connectivity index (χ0n) is 12.6. The smallest absolute Gasteiger partial charge is 0.248 e. The van der Waals surface area contributed by atoms with Crippen molar-refractivity contribution in [3.05, 3.63) is 59.9 Å². The van der Waals surface area contributed by atoms with Gasteiger partial charge in [-0.25, -0.2) is 4.98 Å². The molecule has 1 aromatic heterocycles. The number of nitrogens with zero attached hydrogens (tertiary/aromatic N) is 2. The molecule has 2 amide bonds. The van der Waals surface area contributed by atoms with Gasteiger partial charge in [0, 0.05) is 18.3 Å². The number of benzene rings is 2. The second-order valence-electron chi connectivity index (χ2n) is 5.35. The number of amides is 2. The van der Waals surface area contributed by atoms with E-state index in [0.29, 0.717) is 11.3 Å². The number of nitrogens with one attached hydrogen (secondary N) is 1. The van der Waals surface area contributed by atoms with E-state index < -0.39 is 5.91 Å². The number of aromatic nitrogens is 2. The van der Waals surface area contributed by atoms with Gasteiger partial charge in [-0.05, 0) is 42.0 Å². The Balaban J connectivity index is 1.69. The van der Waals surface area contributed by atoms with Crippen LogP contribution in [0.5, 0.6) is 0 Å². The molecule has 116 valence electrons. The fourth-order valence-corrected chi connectivity index (χ4v) is 2.40. The molecule has 6 nitrogen and oxygen atoms in total. The molecule has 3 N–H and O–H groups in total. The molecule has 0 aliphatic carbocycles. The zero-order valence-corrected chi connectivity index (χ0v) is 12.6. The fraction of sp³-hybridized carbons (Fsp3) is 0.118. The summed E-state index contributed by atoms with van der Waals surface area (Å²) < 4.78 is 1.93. The molecule has 0 aliphatic rings. The van der Waals surface area contributed by atoms with Gasteiger partial charge in [-0.3, -0.25) is 9.59 Å². The van der Waals surface area contributed by atoms with E-state index in [1.54, 1.807) is 30.6 Å². The van der Waals surface area contributed by atoms with Crippen LogP contribution in [0.25, 0.3) is 11.0 Å². The molecule has 0 atom stereocenters. The van der Waals surface area contributed by atoms with Crippen molar-refractivity contribution in [1.82, 2.24) is 9.55 Å².